The lowest BCUT2D eigenvalue weighted by molar-refractivity contribution is 0.405. The van der Waals surface area contributed by atoms with Crippen LogP contribution < -0.4 is 21.5 Å². The van der Waals surface area contributed by atoms with Crippen molar-refractivity contribution < 1.29 is 4.74 Å². The van der Waals surface area contributed by atoms with E-state index in [-0.39, 0.29) is 18.0 Å². The quantitative estimate of drug-likeness (QED) is 0.360. The second kappa shape index (κ2) is 9.92. The molecule has 1 aromatic heterocycles. The molecule has 0 saturated heterocycles. The van der Waals surface area contributed by atoms with E-state index in [1.54, 1.807) is 7.11 Å². The van der Waals surface area contributed by atoms with Gasteiger partial charge >= 0.3 is 0 Å². The number of halogens is 1. The molecule has 2 aromatic carbocycles. The fourth-order valence-electron chi connectivity index (χ4n) is 4.14. The summed E-state index contributed by atoms with van der Waals surface area (Å²) >= 11 is 6.00. The zero-order valence-corrected chi connectivity index (χ0v) is 18.8. The van der Waals surface area contributed by atoms with Gasteiger partial charge in [0.2, 0.25) is 0 Å². The molecule has 0 spiro atoms. The van der Waals surface area contributed by atoms with Crippen molar-refractivity contribution in [1.82, 2.24) is 4.98 Å². The Morgan fingerprint density at radius 3 is 2.62 bits per heavy atom. The van der Waals surface area contributed by atoms with Gasteiger partial charge in [0, 0.05) is 22.1 Å². The molecule has 1 saturated carbocycles. The van der Waals surface area contributed by atoms with Crippen LogP contribution in [0.15, 0.2) is 53.5 Å². The van der Waals surface area contributed by atoms with Crippen LogP contribution in [-0.2, 0) is 0 Å². The number of anilines is 1. The molecule has 1 aliphatic carbocycles. The molecule has 166 valence electrons. The zero-order chi connectivity index (χ0) is 22.5. The van der Waals surface area contributed by atoms with Crippen molar-refractivity contribution in [2.75, 3.05) is 12.4 Å². The predicted molar refractivity (Wildman–Crippen MR) is 134 cm³/mol. The normalized spacial score (nSPS) is 18.6. The number of nitrogens with zero attached hydrogens (tertiary/aromatic N) is 2. The number of aromatic nitrogens is 1. The molecule has 0 bridgehead atoms. The number of benzene rings is 2. The molecule has 0 radical (unpaired) electrons. The van der Waals surface area contributed by atoms with Crippen LogP contribution >= 0.6 is 11.6 Å². The Kier molecular flexibility index (Phi) is 6.81. The minimum Gasteiger partial charge on any atom is -0.497 e. The highest BCUT2D eigenvalue weighted by Crippen LogP contribution is 2.31. The lowest BCUT2D eigenvalue weighted by atomic mass is 9.90. The number of rotatable bonds is 6. The van der Waals surface area contributed by atoms with Crippen LogP contribution in [0.4, 0.5) is 5.69 Å². The number of nitrogens with two attached hydrogens (primary N) is 2. The molecule has 6 nitrogen and oxygen atoms in total. The number of nitrogens with one attached hydrogen (secondary N) is 1. The summed E-state index contributed by atoms with van der Waals surface area (Å²) in [6.45, 7) is 0. The second-order valence-electron chi connectivity index (χ2n) is 8.02. The Balaban J connectivity index is 1.71. The third kappa shape index (κ3) is 5.32. The van der Waals surface area contributed by atoms with Crippen molar-refractivity contribution in [3.63, 3.8) is 0 Å². The zero-order valence-electron chi connectivity index (χ0n) is 18.1. The molecule has 0 aliphatic heterocycles. The molecule has 0 amide bonds. The summed E-state index contributed by atoms with van der Waals surface area (Å²) in [4.78, 5) is 9.31. The summed E-state index contributed by atoms with van der Waals surface area (Å²) in [6, 6.07) is 15.9. The van der Waals surface area contributed by atoms with Gasteiger partial charge in [0.25, 0.3) is 0 Å². The number of ether oxygens (including phenoxy) is 1. The molecule has 5 N–H and O–H groups in total. The molecule has 2 unspecified atom stereocenters. The lowest BCUT2D eigenvalue weighted by Crippen LogP contribution is -2.38. The number of hydrogen-bond donors (Lipinski definition) is 3. The molecule has 32 heavy (non-hydrogen) atoms. The number of fused-ring (bicyclic) bond motifs is 1. The summed E-state index contributed by atoms with van der Waals surface area (Å²) in [5.74, 6) is 0.924. The van der Waals surface area contributed by atoms with Gasteiger partial charge in [-0.3, -0.25) is 0 Å². The van der Waals surface area contributed by atoms with Crippen molar-refractivity contribution in [3.05, 3.63) is 64.8 Å². The minimum absolute atomic E-state index is 0.0515. The summed E-state index contributed by atoms with van der Waals surface area (Å²) in [6.07, 6.45) is 8.27. The first-order chi connectivity index (χ1) is 15.5. The maximum absolute atomic E-state index is 6.00. The number of guanidine groups is 1. The summed E-state index contributed by atoms with van der Waals surface area (Å²) in [5, 5.41) is 5.43. The van der Waals surface area contributed by atoms with Crippen LogP contribution in [0.25, 0.3) is 23.1 Å². The Labute approximate surface area is 193 Å². The molecule has 3 aromatic rings. The highest BCUT2D eigenvalue weighted by atomic mass is 35.5. The van der Waals surface area contributed by atoms with Gasteiger partial charge in [-0.25, -0.2) is 9.98 Å². The van der Waals surface area contributed by atoms with E-state index in [2.05, 4.69) is 16.4 Å². The fourth-order valence-corrected chi connectivity index (χ4v) is 4.26. The summed E-state index contributed by atoms with van der Waals surface area (Å²) in [7, 11) is 1.67. The Bertz CT molecular complexity index is 1140. The second-order valence-corrected chi connectivity index (χ2v) is 8.46. The monoisotopic (exact) mass is 449 g/mol. The SMILES string of the molecule is COc1ccc2nc(/C=C/c3ccc(Cl)cc3)cc(NC3CCCCC3N=C(N)N)c2c1. The van der Waals surface area contributed by atoms with E-state index in [1.165, 1.54) is 0 Å². The fraction of sp³-hybridized carbons (Fsp3) is 0.280. The number of aliphatic imine (C=N–C) groups is 1. The number of pyridine rings is 1. The summed E-state index contributed by atoms with van der Waals surface area (Å²) < 4.78 is 5.45. The molecule has 4 rings (SSSR count). The van der Waals surface area contributed by atoms with E-state index < -0.39 is 0 Å². The standard InChI is InChI=1S/C25H28ClN5O/c1-32-19-12-13-21-20(15-19)24(30-22-4-2-3-5-23(22)31-25(27)28)14-18(29-21)11-8-16-6-9-17(26)10-7-16/h6-15,22-23H,2-5H2,1H3,(H,29,30)(H4,27,28,31)/b11-8+. The Morgan fingerprint density at radius 2 is 1.88 bits per heavy atom. The maximum Gasteiger partial charge on any atom is 0.186 e. The Morgan fingerprint density at radius 1 is 1.09 bits per heavy atom. The molecular weight excluding hydrogens is 422 g/mol. The van der Waals surface area contributed by atoms with Gasteiger partial charge in [-0.15, -0.1) is 0 Å². The van der Waals surface area contributed by atoms with E-state index in [4.69, 9.17) is 32.8 Å². The molecule has 2 atom stereocenters. The summed E-state index contributed by atoms with van der Waals surface area (Å²) in [5.41, 5.74) is 15.2. The van der Waals surface area contributed by atoms with Gasteiger partial charge in [0.15, 0.2) is 5.96 Å². The van der Waals surface area contributed by atoms with Gasteiger partial charge in [-0.1, -0.05) is 42.7 Å². The van der Waals surface area contributed by atoms with E-state index in [0.717, 1.165) is 59.3 Å². The van der Waals surface area contributed by atoms with E-state index in [1.807, 2.05) is 54.6 Å². The Hall–Kier alpha value is -3.25. The molecule has 1 fully saturated rings. The van der Waals surface area contributed by atoms with Crippen molar-refractivity contribution in [2.24, 2.45) is 16.5 Å². The first kappa shape index (κ1) is 22.0. The molecule has 1 heterocycles. The van der Waals surface area contributed by atoms with Crippen molar-refractivity contribution in [3.8, 4) is 5.75 Å². The van der Waals surface area contributed by atoms with Gasteiger partial charge in [-0.2, -0.15) is 0 Å². The highest BCUT2D eigenvalue weighted by molar-refractivity contribution is 6.30. The largest absolute Gasteiger partial charge is 0.497 e. The third-order valence-corrected chi connectivity index (χ3v) is 5.99. The first-order valence-corrected chi connectivity index (χ1v) is 11.2. The van der Waals surface area contributed by atoms with Crippen molar-refractivity contribution in [2.45, 2.75) is 37.8 Å². The van der Waals surface area contributed by atoms with Gasteiger partial charge in [0.1, 0.15) is 5.75 Å². The maximum atomic E-state index is 6.00. The van der Waals surface area contributed by atoms with Gasteiger partial charge in [0.05, 0.1) is 24.4 Å². The third-order valence-electron chi connectivity index (χ3n) is 5.74. The number of methoxy groups -OCH3 is 1. The van der Waals surface area contributed by atoms with E-state index in [9.17, 15) is 0 Å². The average molecular weight is 450 g/mol. The number of hydrogen-bond acceptors (Lipinski definition) is 4. The molecule has 1 aliphatic rings. The van der Waals surface area contributed by atoms with Crippen molar-refractivity contribution >= 4 is 46.3 Å². The van der Waals surface area contributed by atoms with Gasteiger partial charge < -0.3 is 21.5 Å². The van der Waals surface area contributed by atoms with Crippen LogP contribution in [0.3, 0.4) is 0 Å². The first-order valence-electron chi connectivity index (χ1n) is 10.8. The topological polar surface area (TPSA) is 98.5 Å². The van der Waals surface area contributed by atoms with Gasteiger partial charge in [-0.05, 0) is 60.9 Å². The lowest BCUT2D eigenvalue weighted by Gasteiger charge is -2.31. The van der Waals surface area contributed by atoms with E-state index >= 15 is 0 Å². The highest BCUT2D eigenvalue weighted by Gasteiger charge is 2.25. The average Bonchev–Trinajstić information content (AvgIpc) is 2.79. The smallest absolute Gasteiger partial charge is 0.186 e. The van der Waals surface area contributed by atoms with Crippen LogP contribution in [0, 0.1) is 0 Å². The molecule has 7 heteroatoms. The van der Waals surface area contributed by atoms with E-state index in [0.29, 0.717) is 5.02 Å². The van der Waals surface area contributed by atoms with Crippen LogP contribution in [0.2, 0.25) is 5.02 Å². The van der Waals surface area contributed by atoms with Crippen molar-refractivity contribution in [1.29, 1.82) is 0 Å². The van der Waals surface area contributed by atoms with Crippen LogP contribution in [0.1, 0.15) is 36.9 Å². The minimum atomic E-state index is 0.0515. The van der Waals surface area contributed by atoms with Crippen LogP contribution in [-0.4, -0.2) is 30.1 Å². The predicted octanol–water partition coefficient (Wildman–Crippen LogP) is 5.06. The molecular formula is C25H28ClN5O. The van der Waals surface area contributed by atoms with Crippen LogP contribution in [0.5, 0.6) is 5.75 Å².